The SMILES string of the molecule is C[C@H](NS(=O)(=O)c1ccc2c(c1)CCC(=O)N2)c1ccc(-n2ccnc2)cc1. The second-order valence-corrected chi connectivity index (χ2v) is 8.49. The van der Waals surface area contributed by atoms with Crippen LogP contribution in [0.15, 0.2) is 66.1 Å². The Morgan fingerprint density at radius 1 is 1.14 bits per heavy atom. The molecule has 0 aliphatic carbocycles. The van der Waals surface area contributed by atoms with Crippen LogP contribution < -0.4 is 10.0 Å². The van der Waals surface area contributed by atoms with Crippen molar-refractivity contribution in [3.63, 3.8) is 0 Å². The minimum absolute atomic E-state index is 0.0472. The van der Waals surface area contributed by atoms with Crippen molar-refractivity contribution in [1.82, 2.24) is 14.3 Å². The molecular weight excluding hydrogens is 376 g/mol. The van der Waals surface area contributed by atoms with Crippen molar-refractivity contribution in [3.05, 3.63) is 72.3 Å². The summed E-state index contributed by atoms with van der Waals surface area (Å²) in [6, 6.07) is 12.0. The molecule has 2 aromatic carbocycles. The summed E-state index contributed by atoms with van der Waals surface area (Å²) >= 11 is 0. The number of sulfonamides is 1. The Kier molecular flexibility index (Phi) is 4.74. The molecule has 3 aromatic rings. The van der Waals surface area contributed by atoms with Gasteiger partial charge in [0.15, 0.2) is 0 Å². The molecule has 0 fully saturated rings. The van der Waals surface area contributed by atoms with Gasteiger partial charge in [0.05, 0.1) is 11.2 Å². The molecule has 0 saturated heterocycles. The highest BCUT2D eigenvalue weighted by Gasteiger charge is 2.22. The van der Waals surface area contributed by atoms with Gasteiger partial charge in [0.1, 0.15) is 0 Å². The van der Waals surface area contributed by atoms with Gasteiger partial charge in [0.2, 0.25) is 15.9 Å². The third-order valence-corrected chi connectivity index (χ3v) is 6.35. The number of benzene rings is 2. The van der Waals surface area contributed by atoms with Crippen LogP contribution in [0.3, 0.4) is 0 Å². The lowest BCUT2D eigenvalue weighted by molar-refractivity contribution is -0.116. The largest absolute Gasteiger partial charge is 0.326 e. The molecule has 1 aliphatic heterocycles. The quantitative estimate of drug-likeness (QED) is 0.694. The zero-order valence-electron chi connectivity index (χ0n) is 15.3. The summed E-state index contributed by atoms with van der Waals surface area (Å²) in [5, 5.41) is 2.76. The summed E-state index contributed by atoms with van der Waals surface area (Å²) < 4.78 is 30.2. The molecule has 8 heteroatoms. The molecule has 2 N–H and O–H groups in total. The fourth-order valence-electron chi connectivity index (χ4n) is 3.24. The molecule has 0 bridgehead atoms. The van der Waals surface area contributed by atoms with Crippen molar-refractivity contribution < 1.29 is 13.2 Å². The zero-order valence-corrected chi connectivity index (χ0v) is 16.1. The predicted molar refractivity (Wildman–Crippen MR) is 106 cm³/mol. The van der Waals surface area contributed by atoms with Gasteiger partial charge in [-0.3, -0.25) is 4.79 Å². The van der Waals surface area contributed by atoms with E-state index in [2.05, 4.69) is 15.0 Å². The summed E-state index contributed by atoms with van der Waals surface area (Å²) in [4.78, 5) is 15.7. The minimum Gasteiger partial charge on any atom is -0.326 e. The van der Waals surface area contributed by atoms with Crippen molar-refractivity contribution in [1.29, 1.82) is 0 Å². The zero-order chi connectivity index (χ0) is 19.7. The third kappa shape index (κ3) is 3.69. The van der Waals surface area contributed by atoms with E-state index in [0.717, 1.165) is 16.8 Å². The highest BCUT2D eigenvalue weighted by Crippen LogP contribution is 2.26. The number of nitrogens with one attached hydrogen (secondary N) is 2. The second-order valence-electron chi connectivity index (χ2n) is 6.77. The first-order valence-corrected chi connectivity index (χ1v) is 10.4. The lowest BCUT2D eigenvalue weighted by atomic mass is 10.0. The Balaban J connectivity index is 1.52. The minimum atomic E-state index is -3.69. The van der Waals surface area contributed by atoms with Crippen molar-refractivity contribution >= 4 is 21.6 Å². The van der Waals surface area contributed by atoms with Crippen molar-refractivity contribution in [2.24, 2.45) is 0 Å². The van der Waals surface area contributed by atoms with Gasteiger partial charge in [-0.2, -0.15) is 0 Å². The molecule has 0 spiro atoms. The molecule has 1 atom stereocenters. The average Bonchev–Trinajstić information content (AvgIpc) is 3.22. The summed E-state index contributed by atoms with van der Waals surface area (Å²) in [6.45, 7) is 1.81. The van der Waals surface area contributed by atoms with Crippen LogP contribution in [0.2, 0.25) is 0 Å². The first kappa shape index (κ1) is 18.4. The van der Waals surface area contributed by atoms with E-state index in [1.807, 2.05) is 42.0 Å². The van der Waals surface area contributed by atoms with E-state index in [-0.39, 0.29) is 10.8 Å². The van der Waals surface area contributed by atoms with Crippen molar-refractivity contribution in [2.45, 2.75) is 30.7 Å². The van der Waals surface area contributed by atoms with Gasteiger partial charge >= 0.3 is 0 Å². The number of carbonyl (C=O) groups is 1. The topological polar surface area (TPSA) is 93.1 Å². The Morgan fingerprint density at radius 3 is 2.64 bits per heavy atom. The molecule has 1 aromatic heterocycles. The smallest absolute Gasteiger partial charge is 0.241 e. The van der Waals surface area contributed by atoms with Gasteiger partial charge < -0.3 is 9.88 Å². The van der Waals surface area contributed by atoms with Gasteiger partial charge in [-0.1, -0.05) is 12.1 Å². The number of amides is 1. The fraction of sp³-hybridized carbons (Fsp3) is 0.200. The summed E-state index contributed by atoms with van der Waals surface area (Å²) in [5.41, 5.74) is 3.32. The van der Waals surface area contributed by atoms with Crippen molar-refractivity contribution in [2.75, 3.05) is 5.32 Å². The fourth-order valence-corrected chi connectivity index (χ4v) is 4.52. The van der Waals surface area contributed by atoms with E-state index in [4.69, 9.17) is 0 Å². The molecule has 7 nitrogen and oxygen atoms in total. The summed E-state index contributed by atoms with van der Waals surface area (Å²) in [6.07, 6.45) is 6.16. The number of rotatable bonds is 5. The molecule has 4 rings (SSSR count). The first-order chi connectivity index (χ1) is 13.4. The van der Waals surface area contributed by atoms with Crippen LogP contribution in [0.25, 0.3) is 5.69 Å². The molecule has 144 valence electrons. The molecule has 2 heterocycles. The molecule has 1 amide bonds. The highest BCUT2D eigenvalue weighted by molar-refractivity contribution is 7.89. The Bertz CT molecular complexity index is 1110. The van der Waals surface area contributed by atoms with E-state index in [9.17, 15) is 13.2 Å². The van der Waals surface area contributed by atoms with E-state index < -0.39 is 16.1 Å². The van der Waals surface area contributed by atoms with Crippen LogP contribution in [0.4, 0.5) is 5.69 Å². The maximum Gasteiger partial charge on any atom is 0.241 e. The summed E-state index contributed by atoms with van der Waals surface area (Å²) in [7, 11) is -3.69. The standard InChI is InChI=1S/C20H20N4O3S/c1-14(15-2-5-17(6-3-15)24-11-10-21-13-24)23-28(26,27)18-7-8-19-16(12-18)4-9-20(25)22-19/h2-3,5-8,10-14,23H,4,9H2,1H3,(H,22,25)/t14-/m0/s1. The van der Waals surface area contributed by atoms with Crippen LogP contribution in [0.5, 0.6) is 0 Å². The number of aromatic nitrogens is 2. The lowest BCUT2D eigenvalue weighted by Crippen LogP contribution is -2.27. The number of carbonyl (C=O) groups excluding carboxylic acids is 1. The molecule has 28 heavy (non-hydrogen) atoms. The van der Waals surface area contributed by atoms with Gasteiger partial charge in [0, 0.05) is 36.2 Å². The van der Waals surface area contributed by atoms with Crippen LogP contribution in [0.1, 0.15) is 30.5 Å². The number of hydrogen-bond acceptors (Lipinski definition) is 4. The average molecular weight is 396 g/mol. The number of imidazole rings is 1. The predicted octanol–water partition coefficient (Wildman–Crippen LogP) is 2.80. The summed E-state index contributed by atoms with van der Waals surface area (Å²) in [5.74, 6) is -0.0472. The van der Waals surface area contributed by atoms with Gasteiger partial charge in [0.25, 0.3) is 0 Å². The highest BCUT2D eigenvalue weighted by atomic mass is 32.2. The van der Waals surface area contributed by atoms with Crippen LogP contribution >= 0.6 is 0 Å². The van der Waals surface area contributed by atoms with Crippen LogP contribution in [-0.4, -0.2) is 23.9 Å². The molecule has 0 saturated carbocycles. The maximum atomic E-state index is 12.8. The van der Waals surface area contributed by atoms with Crippen LogP contribution in [-0.2, 0) is 21.2 Å². The Labute approximate surface area is 163 Å². The molecule has 1 aliphatic rings. The Hall–Kier alpha value is -2.97. The molecular formula is C20H20N4O3S. The normalized spacial score (nSPS) is 15.0. The molecule has 0 unspecified atom stereocenters. The first-order valence-electron chi connectivity index (χ1n) is 8.96. The number of fused-ring (bicyclic) bond motifs is 1. The van der Waals surface area contributed by atoms with Gasteiger partial charge in [-0.25, -0.2) is 18.1 Å². The number of aryl methyl sites for hydroxylation is 1. The molecule has 0 radical (unpaired) electrons. The number of nitrogens with zero attached hydrogens (tertiary/aromatic N) is 2. The number of anilines is 1. The van der Waals surface area contributed by atoms with E-state index in [0.29, 0.717) is 18.5 Å². The van der Waals surface area contributed by atoms with E-state index in [1.165, 1.54) is 6.07 Å². The van der Waals surface area contributed by atoms with Crippen LogP contribution in [0, 0.1) is 0 Å². The monoisotopic (exact) mass is 396 g/mol. The van der Waals surface area contributed by atoms with Crippen molar-refractivity contribution in [3.8, 4) is 5.69 Å². The lowest BCUT2D eigenvalue weighted by Gasteiger charge is -2.19. The van der Waals surface area contributed by atoms with E-state index >= 15 is 0 Å². The number of hydrogen-bond donors (Lipinski definition) is 2. The second kappa shape index (κ2) is 7.21. The van der Waals surface area contributed by atoms with Gasteiger partial charge in [-0.15, -0.1) is 0 Å². The van der Waals surface area contributed by atoms with Gasteiger partial charge in [-0.05, 0) is 54.8 Å². The van der Waals surface area contributed by atoms with E-state index in [1.54, 1.807) is 24.7 Å². The Morgan fingerprint density at radius 2 is 1.93 bits per heavy atom. The maximum absolute atomic E-state index is 12.8. The third-order valence-electron chi connectivity index (χ3n) is 4.81.